The predicted molar refractivity (Wildman–Crippen MR) is 78.6 cm³/mol. The fourth-order valence-electron chi connectivity index (χ4n) is 2.38. The topological polar surface area (TPSA) is 41.1 Å². The molecule has 3 nitrogen and oxygen atoms in total. The van der Waals surface area contributed by atoms with Crippen LogP contribution in [0.3, 0.4) is 0 Å². The highest BCUT2D eigenvalue weighted by atomic mass is 35.5. The van der Waals surface area contributed by atoms with Crippen LogP contribution in [0, 0.1) is 13.8 Å². The second-order valence-corrected chi connectivity index (χ2v) is 6.21. The van der Waals surface area contributed by atoms with Crippen molar-refractivity contribution < 1.29 is 4.79 Å². The van der Waals surface area contributed by atoms with E-state index in [1.54, 1.807) is 11.3 Å². The lowest BCUT2D eigenvalue weighted by Crippen LogP contribution is -2.41. The summed E-state index contributed by atoms with van der Waals surface area (Å²) in [6, 6.07) is 2.29. The van der Waals surface area contributed by atoms with Crippen molar-refractivity contribution in [2.45, 2.75) is 45.7 Å². The Kier molecular flexibility index (Phi) is 5.63. The Balaban J connectivity index is 0.00000162. The molecule has 0 saturated carbocycles. The second-order valence-electron chi connectivity index (χ2n) is 4.75. The van der Waals surface area contributed by atoms with Crippen molar-refractivity contribution in [2.75, 3.05) is 6.54 Å². The van der Waals surface area contributed by atoms with Crippen molar-refractivity contribution in [3.05, 3.63) is 21.4 Å². The van der Waals surface area contributed by atoms with E-state index in [0.29, 0.717) is 0 Å². The van der Waals surface area contributed by atoms with Crippen LogP contribution in [0.5, 0.6) is 0 Å². The van der Waals surface area contributed by atoms with Gasteiger partial charge >= 0.3 is 0 Å². The molecule has 1 aliphatic heterocycles. The number of hydrogen-bond donors (Lipinski definition) is 2. The first-order chi connectivity index (χ1) is 8.08. The molecule has 2 rings (SSSR count). The van der Waals surface area contributed by atoms with Crippen molar-refractivity contribution in [1.29, 1.82) is 0 Å². The number of aryl methyl sites for hydroxylation is 2. The highest BCUT2D eigenvalue weighted by molar-refractivity contribution is 7.12. The first kappa shape index (κ1) is 15.5. The molecule has 2 unspecified atom stereocenters. The second kappa shape index (κ2) is 6.55. The minimum Gasteiger partial charge on any atom is -0.348 e. The number of carbonyl (C=O) groups excluding carboxylic acids is 1. The van der Waals surface area contributed by atoms with Crippen molar-refractivity contribution in [3.8, 4) is 0 Å². The third-order valence-electron chi connectivity index (χ3n) is 3.28. The summed E-state index contributed by atoms with van der Waals surface area (Å²) in [5.74, 6) is 0.137. The van der Waals surface area contributed by atoms with E-state index < -0.39 is 0 Å². The van der Waals surface area contributed by atoms with Gasteiger partial charge in [-0.15, -0.1) is 23.7 Å². The Hall–Kier alpha value is -0.580. The fraction of sp³-hybridized carbons (Fsp3) is 0.615. The van der Waals surface area contributed by atoms with Gasteiger partial charge in [-0.3, -0.25) is 4.79 Å². The minimum absolute atomic E-state index is 0. The molecular formula is C13H21ClN2OS. The maximum Gasteiger partial charge on any atom is 0.237 e. The van der Waals surface area contributed by atoms with Crippen LogP contribution < -0.4 is 10.6 Å². The number of amides is 1. The molecule has 1 saturated heterocycles. The summed E-state index contributed by atoms with van der Waals surface area (Å²) in [4.78, 5) is 14.6. The quantitative estimate of drug-likeness (QED) is 0.898. The average Bonchev–Trinajstić information content (AvgIpc) is 2.87. The fourth-order valence-corrected chi connectivity index (χ4v) is 3.40. The van der Waals surface area contributed by atoms with Crippen LogP contribution in [0.2, 0.25) is 0 Å². The molecule has 0 radical (unpaired) electrons. The van der Waals surface area contributed by atoms with E-state index in [-0.39, 0.29) is 30.4 Å². The molecule has 1 fully saturated rings. The van der Waals surface area contributed by atoms with E-state index in [4.69, 9.17) is 0 Å². The van der Waals surface area contributed by atoms with Crippen LogP contribution in [0.1, 0.15) is 41.1 Å². The molecule has 5 heteroatoms. The number of halogens is 1. The van der Waals surface area contributed by atoms with E-state index in [9.17, 15) is 4.79 Å². The maximum atomic E-state index is 12.0. The van der Waals surface area contributed by atoms with E-state index in [1.165, 1.54) is 15.3 Å². The molecule has 2 N–H and O–H groups in total. The Labute approximate surface area is 119 Å². The Morgan fingerprint density at radius 1 is 1.56 bits per heavy atom. The summed E-state index contributed by atoms with van der Waals surface area (Å²) in [6.45, 7) is 7.24. The molecule has 0 bridgehead atoms. The molecule has 0 aliphatic carbocycles. The summed E-state index contributed by atoms with van der Waals surface area (Å²) in [5, 5.41) is 6.32. The number of thiophene rings is 1. The lowest BCUT2D eigenvalue weighted by molar-refractivity contribution is -0.123. The summed E-state index contributed by atoms with van der Waals surface area (Å²) in [5.41, 5.74) is 1.25. The van der Waals surface area contributed by atoms with Crippen LogP contribution in [-0.4, -0.2) is 18.5 Å². The van der Waals surface area contributed by atoms with Crippen molar-refractivity contribution >= 4 is 29.7 Å². The first-order valence-electron chi connectivity index (χ1n) is 6.18. The van der Waals surface area contributed by atoms with Crippen molar-refractivity contribution in [2.24, 2.45) is 0 Å². The molecule has 1 aliphatic rings. The Morgan fingerprint density at radius 3 is 2.78 bits per heavy atom. The van der Waals surface area contributed by atoms with Crippen LogP contribution in [0.15, 0.2) is 6.07 Å². The van der Waals surface area contributed by atoms with Crippen LogP contribution in [-0.2, 0) is 4.79 Å². The third-order valence-corrected chi connectivity index (χ3v) is 4.26. The number of nitrogens with one attached hydrogen (secondary N) is 2. The number of rotatable bonds is 3. The zero-order valence-corrected chi connectivity index (χ0v) is 12.7. The van der Waals surface area contributed by atoms with Crippen LogP contribution in [0.4, 0.5) is 0 Å². The molecule has 2 atom stereocenters. The lowest BCUT2D eigenvalue weighted by atomic mass is 10.1. The zero-order chi connectivity index (χ0) is 12.4. The maximum absolute atomic E-state index is 12.0. The summed E-state index contributed by atoms with van der Waals surface area (Å²) in [6.07, 6.45) is 2.06. The van der Waals surface area contributed by atoms with Gasteiger partial charge in [0.15, 0.2) is 0 Å². The number of hydrogen-bond acceptors (Lipinski definition) is 3. The molecule has 102 valence electrons. The van der Waals surface area contributed by atoms with E-state index >= 15 is 0 Å². The molecule has 0 aromatic carbocycles. The van der Waals surface area contributed by atoms with Crippen LogP contribution >= 0.6 is 23.7 Å². The van der Waals surface area contributed by atoms with Crippen molar-refractivity contribution in [3.63, 3.8) is 0 Å². The average molecular weight is 289 g/mol. The molecule has 2 heterocycles. The van der Waals surface area contributed by atoms with Crippen LogP contribution in [0.25, 0.3) is 0 Å². The lowest BCUT2D eigenvalue weighted by Gasteiger charge is -2.17. The molecule has 1 aromatic rings. The predicted octanol–water partition coefficient (Wildman–Crippen LogP) is 2.72. The largest absolute Gasteiger partial charge is 0.348 e. The summed E-state index contributed by atoms with van der Waals surface area (Å²) >= 11 is 1.79. The van der Waals surface area contributed by atoms with Crippen molar-refractivity contribution in [1.82, 2.24) is 10.6 Å². The SMILES string of the molecule is Cc1cc(C(C)NC(=O)C2CCCN2)c(C)s1.Cl. The third kappa shape index (κ3) is 3.46. The van der Waals surface area contributed by atoms with Gasteiger partial charge in [0.2, 0.25) is 5.91 Å². The smallest absolute Gasteiger partial charge is 0.237 e. The van der Waals surface area contributed by atoms with E-state index in [0.717, 1.165) is 19.4 Å². The Morgan fingerprint density at radius 2 is 2.28 bits per heavy atom. The molecule has 18 heavy (non-hydrogen) atoms. The molecule has 0 spiro atoms. The highest BCUT2D eigenvalue weighted by Crippen LogP contribution is 2.26. The zero-order valence-electron chi connectivity index (χ0n) is 11.1. The molecule has 1 amide bonds. The standard InChI is InChI=1S/C13H20N2OS.ClH/c1-8-7-11(10(3)17-8)9(2)15-13(16)12-5-4-6-14-12;/h7,9,12,14H,4-6H2,1-3H3,(H,15,16);1H. The van der Waals surface area contributed by atoms with Gasteiger partial charge in [0.05, 0.1) is 12.1 Å². The van der Waals surface area contributed by atoms with Gasteiger partial charge in [0.25, 0.3) is 0 Å². The van der Waals surface area contributed by atoms with Gasteiger partial charge in [-0.2, -0.15) is 0 Å². The monoisotopic (exact) mass is 288 g/mol. The summed E-state index contributed by atoms with van der Waals surface area (Å²) in [7, 11) is 0. The van der Waals surface area contributed by atoms with Gasteiger partial charge < -0.3 is 10.6 Å². The van der Waals surface area contributed by atoms with E-state index in [2.05, 4.69) is 37.5 Å². The van der Waals surface area contributed by atoms with Gasteiger partial charge in [-0.05, 0) is 51.8 Å². The summed E-state index contributed by atoms with van der Waals surface area (Å²) < 4.78 is 0. The Bertz CT molecular complexity index is 413. The van der Waals surface area contributed by atoms with Gasteiger partial charge in [-0.1, -0.05) is 0 Å². The molecular weight excluding hydrogens is 268 g/mol. The van der Waals surface area contributed by atoms with Gasteiger partial charge in [-0.25, -0.2) is 0 Å². The van der Waals surface area contributed by atoms with Gasteiger partial charge in [0, 0.05) is 9.75 Å². The van der Waals surface area contributed by atoms with E-state index in [1.807, 2.05) is 0 Å². The number of carbonyl (C=O) groups is 1. The normalized spacial score (nSPS) is 20.3. The molecule has 1 aromatic heterocycles. The van der Waals surface area contributed by atoms with Gasteiger partial charge in [0.1, 0.15) is 0 Å². The minimum atomic E-state index is 0. The highest BCUT2D eigenvalue weighted by Gasteiger charge is 2.23. The first-order valence-corrected chi connectivity index (χ1v) is 7.00.